The normalized spacial score (nSPS) is 13.3. The highest BCUT2D eigenvalue weighted by Gasteiger charge is 2.27. The van der Waals surface area contributed by atoms with Crippen LogP contribution in [0.4, 0.5) is 17.6 Å². The minimum Gasteiger partial charge on any atom is -0.490 e. The maximum atomic E-state index is 13.6. The summed E-state index contributed by atoms with van der Waals surface area (Å²) in [7, 11) is 0. The van der Waals surface area contributed by atoms with Crippen molar-refractivity contribution in [2.45, 2.75) is 25.6 Å². The molecule has 0 aliphatic rings. The van der Waals surface area contributed by atoms with E-state index in [2.05, 4.69) is 4.74 Å². The van der Waals surface area contributed by atoms with Crippen molar-refractivity contribution in [2.75, 3.05) is 19.8 Å². The number of hydrogen-bond donors (Lipinski definition) is 1. The molecule has 0 aliphatic carbocycles. The van der Waals surface area contributed by atoms with Crippen LogP contribution in [0.2, 0.25) is 0 Å². The first-order valence-corrected chi connectivity index (χ1v) is 6.12. The van der Waals surface area contributed by atoms with Crippen molar-refractivity contribution in [1.29, 1.82) is 0 Å². The smallest absolute Gasteiger partial charge is 0.411 e. The van der Waals surface area contributed by atoms with Gasteiger partial charge in [0, 0.05) is 12.5 Å². The van der Waals surface area contributed by atoms with Gasteiger partial charge >= 0.3 is 6.18 Å². The topological polar surface area (TPSA) is 44.5 Å². The zero-order valence-corrected chi connectivity index (χ0v) is 11.0. The first-order valence-electron chi connectivity index (χ1n) is 6.12. The van der Waals surface area contributed by atoms with Gasteiger partial charge in [0.25, 0.3) is 0 Å². The molecule has 1 aromatic carbocycles. The van der Waals surface area contributed by atoms with Gasteiger partial charge in [0.05, 0.1) is 13.2 Å². The predicted molar refractivity (Wildman–Crippen MR) is 66.0 cm³/mol. The molecule has 0 spiro atoms. The van der Waals surface area contributed by atoms with Crippen molar-refractivity contribution in [1.82, 2.24) is 0 Å². The summed E-state index contributed by atoms with van der Waals surface area (Å²) in [4.78, 5) is 0. The van der Waals surface area contributed by atoms with E-state index in [1.54, 1.807) is 13.0 Å². The Morgan fingerprint density at radius 2 is 1.95 bits per heavy atom. The molecule has 1 rings (SSSR count). The van der Waals surface area contributed by atoms with Gasteiger partial charge in [-0.3, -0.25) is 0 Å². The minimum atomic E-state index is -4.33. The molecule has 7 heteroatoms. The Labute approximate surface area is 114 Å². The van der Waals surface area contributed by atoms with Gasteiger partial charge in [-0.05, 0) is 24.6 Å². The SMILES string of the molecule is CC(N)c1ccc(OCCCOCC(F)(F)F)c(F)c1. The van der Waals surface area contributed by atoms with E-state index in [4.69, 9.17) is 10.5 Å². The maximum absolute atomic E-state index is 13.6. The van der Waals surface area contributed by atoms with Crippen LogP contribution in [0.5, 0.6) is 5.75 Å². The van der Waals surface area contributed by atoms with Crippen LogP contribution in [-0.2, 0) is 4.74 Å². The number of rotatable bonds is 7. The van der Waals surface area contributed by atoms with Crippen LogP contribution in [0.1, 0.15) is 24.9 Å². The fraction of sp³-hybridized carbons (Fsp3) is 0.538. The van der Waals surface area contributed by atoms with Crippen molar-refractivity contribution < 1.29 is 27.0 Å². The molecule has 0 saturated carbocycles. The van der Waals surface area contributed by atoms with Gasteiger partial charge in [-0.15, -0.1) is 0 Å². The third-order valence-electron chi connectivity index (χ3n) is 2.44. The lowest BCUT2D eigenvalue weighted by Crippen LogP contribution is -2.18. The van der Waals surface area contributed by atoms with Gasteiger partial charge in [-0.25, -0.2) is 4.39 Å². The average Bonchev–Trinajstić information content (AvgIpc) is 2.33. The summed E-state index contributed by atoms with van der Waals surface area (Å²) in [6.45, 7) is 0.420. The van der Waals surface area contributed by atoms with Crippen LogP contribution in [0.15, 0.2) is 18.2 Å². The third kappa shape index (κ3) is 6.21. The summed E-state index contributed by atoms with van der Waals surface area (Å²) in [5.41, 5.74) is 6.25. The number of ether oxygens (including phenoxy) is 2. The number of halogens is 4. The second-order valence-corrected chi connectivity index (χ2v) is 4.35. The van der Waals surface area contributed by atoms with Crippen LogP contribution < -0.4 is 10.5 Å². The Morgan fingerprint density at radius 1 is 1.25 bits per heavy atom. The first-order chi connectivity index (χ1) is 9.29. The first kappa shape index (κ1) is 16.7. The lowest BCUT2D eigenvalue weighted by atomic mass is 10.1. The highest BCUT2D eigenvalue weighted by molar-refractivity contribution is 5.30. The summed E-state index contributed by atoms with van der Waals surface area (Å²) in [5.74, 6) is -0.499. The van der Waals surface area contributed by atoms with E-state index < -0.39 is 18.6 Å². The average molecular weight is 295 g/mol. The zero-order valence-electron chi connectivity index (χ0n) is 11.0. The van der Waals surface area contributed by atoms with Crippen molar-refractivity contribution in [3.05, 3.63) is 29.6 Å². The molecular formula is C13H17F4NO2. The highest BCUT2D eigenvalue weighted by atomic mass is 19.4. The van der Waals surface area contributed by atoms with E-state index in [1.165, 1.54) is 12.1 Å². The molecule has 1 unspecified atom stereocenters. The van der Waals surface area contributed by atoms with Crippen molar-refractivity contribution in [3.63, 3.8) is 0 Å². The van der Waals surface area contributed by atoms with Gasteiger partial charge in [-0.1, -0.05) is 6.07 Å². The van der Waals surface area contributed by atoms with Crippen molar-refractivity contribution in [3.8, 4) is 5.75 Å². The fourth-order valence-corrected chi connectivity index (χ4v) is 1.45. The summed E-state index contributed by atoms with van der Waals surface area (Å²) in [6, 6.07) is 4.09. The predicted octanol–water partition coefficient (Wildman–Crippen LogP) is 3.19. The molecule has 20 heavy (non-hydrogen) atoms. The Hall–Kier alpha value is -1.34. The molecule has 0 aromatic heterocycles. The van der Waals surface area contributed by atoms with Gasteiger partial charge in [0.15, 0.2) is 11.6 Å². The highest BCUT2D eigenvalue weighted by Crippen LogP contribution is 2.21. The molecule has 2 N–H and O–H groups in total. The number of alkyl halides is 3. The molecule has 0 aliphatic heterocycles. The van der Waals surface area contributed by atoms with Gasteiger partial charge in [-0.2, -0.15) is 13.2 Å². The minimum absolute atomic E-state index is 0.0465. The van der Waals surface area contributed by atoms with Crippen LogP contribution in [0, 0.1) is 5.82 Å². The van der Waals surface area contributed by atoms with Gasteiger partial charge < -0.3 is 15.2 Å². The van der Waals surface area contributed by atoms with E-state index in [-0.39, 0.29) is 31.4 Å². The monoisotopic (exact) mass is 295 g/mol. The van der Waals surface area contributed by atoms with E-state index in [1.807, 2.05) is 0 Å². The largest absolute Gasteiger partial charge is 0.490 e. The molecule has 114 valence electrons. The lowest BCUT2D eigenvalue weighted by molar-refractivity contribution is -0.174. The van der Waals surface area contributed by atoms with E-state index >= 15 is 0 Å². The van der Waals surface area contributed by atoms with Crippen LogP contribution in [0.3, 0.4) is 0 Å². The number of benzene rings is 1. The molecule has 0 heterocycles. The number of hydrogen-bond acceptors (Lipinski definition) is 3. The second kappa shape index (κ2) is 7.44. The van der Waals surface area contributed by atoms with Crippen LogP contribution in [0.25, 0.3) is 0 Å². The molecular weight excluding hydrogens is 278 g/mol. The quantitative estimate of drug-likeness (QED) is 0.620. The van der Waals surface area contributed by atoms with Crippen molar-refractivity contribution in [2.24, 2.45) is 5.73 Å². The van der Waals surface area contributed by atoms with E-state index in [9.17, 15) is 17.6 Å². The Morgan fingerprint density at radius 3 is 2.50 bits per heavy atom. The van der Waals surface area contributed by atoms with E-state index in [0.717, 1.165) is 0 Å². The van der Waals surface area contributed by atoms with Gasteiger partial charge in [0.1, 0.15) is 6.61 Å². The molecule has 0 saturated heterocycles. The standard InChI is InChI=1S/C13H17F4NO2/c1-9(18)10-3-4-12(11(14)7-10)20-6-2-5-19-8-13(15,16)17/h3-4,7,9H,2,5-6,8,18H2,1H3. The van der Waals surface area contributed by atoms with Crippen LogP contribution in [-0.4, -0.2) is 26.0 Å². The number of nitrogens with two attached hydrogens (primary N) is 1. The zero-order chi connectivity index (χ0) is 15.2. The van der Waals surface area contributed by atoms with Crippen LogP contribution >= 0.6 is 0 Å². The van der Waals surface area contributed by atoms with Crippen molar-refractivity contribution >= 4 is 0 Å². The molecule has 0 bridgehead atoms. The summed E-state index contributed by atoms with van der Waals surface area (Å²) < 4.78 is 58.4. The van der Waals surface area contributed by atoms with Gasteiger partial charge in [0.2, 0.25) is 0 Å². The molecule has 0 fully saturated rings. The fourth-order valence-electron chi connectivity index (χ4n) is 1.45. The molecule has 0 radical (unpaired) electrons. The summed E-state index contributed by atoms with van der Waals surface area (Å²) in [5, 5.41) is 0. The molecule has 0 amide bonds. The molecule has 3 nitrogen and oxygen atoms in total. The van der Waals surface area contributed by atoms with E-state index in [0.29, 0.717) is 5.56 Å². The third-order valence-corrected chi connectivity index (χ3v) is 2.44. The summed E-state index contributed by atoms with van der Waals surface area (Å²) in [6.07, 6.45) is -4.09. The Kier molecular flexibility index (Phi) is 6.22. The second-order valence-electron chi connectivity index (χ2n) is 4.35. The Balaban J connectivity index is 2.29. The molecule has 1 aromatic rings. The maximum Gasteiger partial charge on any atom is 0.411 e. The Bertz CT molecular complexity index is 421. The lowest BCUT2D eigenvalue weighted by Gasteiger charge is -2.11. The summed E-state index contributed by atoms with van der Waals surface area (Å²) >= 11 is 0. The molecule has 1 atom stereocenters.